The molecule has 2 nitrogen and oxygen atoms in total. The summed E-state index contributed by atoms with van der Waals surface area (Å²) in [6, 6.07) is 0. The third-order valence-corrected chi connectivity index (χ3v) is 0.771. The fraction of sp³-hybridized carbons (Fsp3) is 1.00. The van der Waals surface area contributed by atoms with Crippen LogP contribution in [-0.4, -0.2) is 43.9 Å². The van der Waals surface area contributed by atoms with Crippen molar-refractivity contribution in [3.8, 4) is 0 Å². The van der Waals surface area contributed by atoms with Crippen LogP contribution in [0.3, 0.4) is 0 Å². The predicted octanol–water partition coefficient (Wildman–Crippen LogP) is -6.31. The van der Waals surface area contributed by atoms with Gasteiger partial charge in [-0.25, -0.2) is 0 Å². The first kappa shape index (κ1) is 18.1. The van der Waals surface area contributed by atoms with Gasteiger partial charge in [0.1, 0.15) is 6.54 Å². The van der Waals surface area contributed by atoms with Crippen LogP contribution < -0.4 is 103 Å². The first-order valence-corrected chi connectivity index (χ1v) is 2.47. The van der Waals surface area contributed by atoms with Crippen molar-refractivity contribution < 1.29 is 112 Å². The molecule has 4 heteroatoms. The molecule has 0 aliphatic rings. The third-order valence-electron chi connectivity index (χ3n) is 0.771. The molecule has 0 aliphatic heterocycles. The standard InChI is InChI=1S/C5H14NO.2K/c1-6(2,3)4-5-7;;/h7H,4-5H2,1-3H3;;/q3*+1. The van der Waals surface area contributed by atoms with Crippen LogP contribution in [0.4, 0.5) is 0 Å². The number of aliphatic hydroxyl groups is 1. The zero-order valence-electron chi connectivity index (χ0n) is 7.31. The van der Waals surface area contributed by atoms with E-state index in [1.54, 1.807) is 0 Å². The van der Waals surface area contributed by atoms with E-state index in [-0.39, 0.29) is 109 Å². The molecule has 0 amide bonds. The number of likely N-dealkylation sites (N-methyl/N-ethyl adjacent to an activating group) is 1. The van der Waals surface area contributed by atoms with Gasteiger partial charge in [0, 0.05) is 0 Å². The zero-order valence-corrected chi connectivity index (χ0v) is 13.6. The maximum absolute atomic E-state index is 8.39. The van der Waals surface area contributed by atoms with E-state index in [1.165, 1.54) is 0 Å². The van der Waals surface area contributed by atoms with E-state index in [0.717, 1.165) is 11.0 Å². The van der Waals surface area contributed by atoms with Gasteiger partial charge in [-0.05, 0) is 0 Å². The van der Waals surface area contributed by atoms with E-state index >= 15 is 0 Å². The number of rotatable bonds is 2. The SMILES string of the molecule is C[N+](C)(C)CCO.[K+].[K+]. The summed E-state index contributed by atoms with van der Waals surface area (Å²) in [5.41, 5.74) is 0. The summed E-state index contributed by atoms with van der Waals surface area (Å²) in [5, 5.41) is 8.39. The minimum absolute atomic E-state index is 0. The number of quaternary nitrogens is 1. The Morgan fingerprint density at radius 3 is 1.44 bits per heavy atom. The molecular formula is C5H14K2NO+3. The van der Waals surface area contributed by atoms with Gasteiger partial charge in [-0.3, -0.25) is 0 Å². The van der Waals surface area contributed by atoms with Crippen molar-refractivity contribution in [2.75, 3.05) is 34.3 Å². The molecule has 0 unspecified atom stereocenters. The molecule has 0 atom stereocenters. The average Bonchev–Trinajstić information content (AvgIpc) is 1.30. The molecule has 0 aromatic carbocycles. The number of aliphatic hydroxyl groups excluding tert-OH is 1. The topological polar surface area (TPSA) is 20.2 Å². The van der Waals surface area contributed by atoms with Gasteiger partial charge in [0.15, 0.2) is 0 Å². The largest absolute Gasteiger partial charge is 1.00 e. The summed E-state index contributed by atoms with van der Waals surface area (Å²) in [5.74, 6) is 0. The van der Waals surface area contributed by atoms with Gasteiger partial charge >= 0.3 is 103 Å². The molecule has 0 aromatic rings. The fourth-order valence-corrected chi connectivity index (χ4v) is 0.300. The fourth-order valence-electron chi connectivity index (χ4n) is 0.300. The number of hydrogen-bond acceptors (Lipinski definition) is 1. The van der Waals surface area contributed by atoms with Crippen molar-refractivity contribution in [3.05, 3.63) is 0 Å². The van der Waals surface area contributed by atoms with Gasteiger partial charge in [-0.2, -0.15) is 0 Å². The molecule has 0 saturated heterocycles. The summed E-state index contributed by atoms with van der Waals surface area (Å²) in [7, 11) is 6.16. The summed E-state index contributed by atoms with van der Waals surface area (Å²) >= 11 is 0. The van der Waals surface area contributed by atoms with Crippen molar-refractivity contribution in [1.29, 1.82) is 0 Å². The Morgan fingerprint density at radius 1 is 1.11 bits per heavy atom. The van der Waals surface area contributed by atoms with Crippen molar-refractivity contribution >= 4 is 0 Å². The van der Waals surface area contributed by atoms with E-state index in [2.05, 4.69) is 21.1 Å². The quantitative estimate of drug-likeness (QED) is 0.333. The monoisotopic (exact) mass is 182 g/mol. The second-order valence-electron chi connectivity index (χ2n) is 2.74. The van der Waals surface area contributed by atoms with Crippen LogP contribution in [0.1, 0.15) is 0 Å². The molecule has 0 aliphatic carbocycles. The Balaban J connectivity index is -0.000000180. The van der Waals surface area contributed by atoms with Crippen LogP contribution in [0.5, 0.6) is 0 Å². The van der Waals surface area contributed by atoms with Gasteiger partial charge in [-0.1, -0.05) is 0 Å². The van der Waals surface area contributed by atoms with Gasteiger partial charge in [0.25, 0.3) is 0 Å². The van der Waals surface area contributed by atoms with E-state index in [9.17, 15) is 0 Å². The van der Waals surface area contributed by atoms with Gasteiger partial charge in [0.05, 0.1) is 27.7 Å². The molecular weight excluding hydrogens is 168 g/mol. The smallest absolute Gasteiger partial charge is 0.391 e. The first-order valence-electron chi connectivity index (χ1n) is 2.47. The van der Waals surface area contributed by atoms with Crippen LogP contribution in [0, 0.1) is 0 Å². The van der Waals surface area contributed by atoms with Crippen molar-refractivity contribution in [2.45, 2.75) is 0 Å². The minimum Gasteiger partial charge on any atom is -0.391 e. The van der Waals surface area contributed by atoms with Crippen LogP contribution in [0.25, 0.3) is 0 Å². The van der Waals surface area contributed by atoms with Crippen LogP contribution in [0.2, 0.25) is 0 Å². The Kier molecular flexibility index (Phi) is 18.6. The normalized spacial score (nSPS) is 9.33. The summed E-state index contributed by atoms with van der Waals surface area (Å²) in [6.45, 7) is 1.11. The Morgan fingerprint density at radius 2 is 1.44 bits per heavy atom. The number of nitrogens with zero attached hydrogens (tertiary/aromatic N) is 1. The first-order chi connectivity index (χ1) is 3.06. The zero-order chi connectivity index (χ0) is 5.91. The summed E-state index contributed by atoms with van der Waals surface area (Å²) in [6.07, 6.45) is 0. The van der Waals surface area contributed by atoms with Crippen molar-refractivity contribution in [2.24, 2.45) is 0 Å². The summed E-state index contributed by atoms with van der Waals surface area (Å²) < 4.78 is 0.844. The Hall–Kier alpha value is 3.19. The minimum atomic E-state index is 0. The number of hydrogen-bond donors (Lipinski definition) is 1. The molecule has 0 spiro atoms. The van der Waals surface area contributed by atoms with Crippen LogP contribution >= 0.6 is 0 Å². The van der Waals surface area contributed by atoms with Gasteiger partial charge < -0.3 is 9.59 Å². The van der Waals surface area contributed by atoms with E-state index in [0.29, 0.717) is 0 Å². The van der Waals surface area contributed by atoms with Gasteiger partial charge in [0.2, 0.25) is 0 Å². The van der Waals surface area contributed by atoms with E-state index < -0.39 is 0 Å². The molecule has 1 N–H and O–H groups in total. The molecule has 0 fully saturated rings. The predicted molar refractivity (Wildman–Crippen MR) is 30.0 cm³/mol. The molecule has 0 bridgehead atoms. The molecule has 0 rings (SSSR count). The maximum atomic E-state index is 8.39. The van der Waals surface area contributed by atoms with E-state index in [4.69, 9.17) is 5.11 Å². The molecule has 0 saturated carbocycles. The molecule has 0 aromatic heterocycles. The molecule has 9 heavy (non-hydrogen) atoms. The van der Waals surface area contributed by atoms with Crippen molar-refractivity contribution in [3.63, 3.8) is 0 Å². The maximum Gasteiger partial charge on any atom is 1.00 e. The summed E-state index contributed by atoms with van der Waals surface area (Å²) in [4.78, 5) is 0. The van der Waals surface area contributed by atoms with E-state index in [1.807, 2.05) is 0 Å². The molecule has 0 radical (unpaired) electrons. The Bertz CT molecular complexity index is 53.4. The molecule has 44 valence electrons. The second-order valence-corrected chi connectivity index (χ2v) is 2.74. The van der Waals surface area contributed by atoms with Crippen LogP contribution in [0.15, 0.2) is 0 Å². The third kappa shape index (κ3) is 18.3. The van der Waals surface area contributed by atoms with Crippen LogP contribution in [-0.2, 0) is 0 Å². The van der Waals surface area contributed by atoms with Crippen molar-refractivity contribution in [1.82, 2.24) is 0 Å². The Labute approximate surface area is 143 Å². The molecule has 0 heterocycles. The van der Waals surface area contributed by atoms with Gasteiger partial charge in [-0.15, -0.1) is 0 Å². The average molecular weight is 182 g/mol. The second kappa shape index (κ2) is 9.28.